The molecule has 0 aliphatic carbocycles. The number of benzene rings is 1. The molecule has 1 N–H and O–H groups in total. The van der Waals surface area contributed by atoms with Gasteiger partial charge in [0.15, 0.2) is 6.61 Å². The van der Waals surface area contributed by atoms with Crippen LogP contribution in [0.25, 0.3) is 11.4 Å². The molecule has 0 saturated carbocycles. The molecule has 0 aliphatic rings. The molecule has 8 nitrogen and oxygen atoms in total. The highest BCUT2D eigenvalue weighted by Gasteiger charge is 2.24. The number of hydrogen-bond acceptors (Lipinski definition) is 7. The van der Waals surface area contributed by atoms with Gasteiger partial charge in [0.1, 0.15) is 5.69 Å². The second-order valence-electron chi connectivity index (χ2n) is 6.25. The minimum absolute atomic E-state index is 0.177. The number of carbonyl (C=O) groups is 2. The first-order valence-electron chi connectivity index (χ1n) is 8.84. The van der Waals surface area contributed by atoms with Gasteiger partial charge in [-0.3, -0.25) is 0 Å². The summed E-state index contributed by atoms with van der Waals surface area (Å²) < 4.78 is 15.5. The first-order chi connectivity index (χ1) is 13.4. The maximum Gasteiger partial charge on any atom is 0.355 e. The van der Waals surface area contributed by atoms with E-state index < -0.39 is 11.9 Å². The van der Waals surface area contributed by atoms with E-state index in [2.05, 4.69) is 15.1 Å². The number of ether oxygens (including phenoxy) is 2. The SMILES string of the molecule is CCOC(=O)c1c(C)[nH]c(C(=O)OCc2nc(-c3ccccc3C)no2)c1C. The van der Waals surface area contributed by atoms with Gasteiger partial charge in [0.25, 0.3) is 5.89 Å². The summed E-state index contributed by atoms with van der Waals surface area (Å²) in [6.07, 6.45) is 0. The van der Waals surface area contributed by atoms with Crippen molar-refractivity contribution in [1.82, 2.24) is 15.1 Å². The van der Waals surface area contributed by atoms with Gasteiger partial charge in [-0.15, -0.1) is 0 Å². The lowest BCUT2D eigenvalue weighted by molar-refractivity contribution is 0.0422. The second kappa shape index (κ2) is 8.08. The van der Waals surface area contributed by atoms with Gasteiger partial charge < -0.3 is 19.0 Å². The lowest BCUT2D eigenvalue weighted by Gasteiger charge is -2.03. The lowest BCUT2D eigenvalue weighted by Crippen LogP contribution is -2.09. The highest BCUT2D eigenvalue weighted by atomic mass is 16.6. The summed E-state index contributed by atoms with van der Waals surface area (Å²) in [4.78, 5) is 31.6. The van der Waals surface area contributed by atoms with E-state index in [-0.39, 0.29) is 24.8 Å². The van der Waals surface area contributed by atoms with Crippen LogP contribution in [0.4, 0.5) is 0 Å². The van der Waals surface area contributed by atoms with Crippen molar-refractivity contribution in [2.75, 3.05) is 6.61 Å². The monoisotopic (exact) mass is 383 g/mol. The van der Waals surface area contributed by atoms with E-state index in [9.17, 15) is 9.59 Å². The molecule has 2 heterocycles. The van der Waals surface area contributed by atoms with Crippen molar-refractivity contribution in [3.63, 3.8) is 0 Å². The van der Waals surface area contributed by atoms with Crippen molar-refractivity contribution in [1.29, 1.82) is 0 Å². The number of carbonyl (C=O) groups excluding carboxylic acids is 2. The van der Waals surface area contributed by atoms with Crippen molar-refractivity contribution < 1.29 is 23.6 Å². The van der Waals surface area contributed by atoms with Gasteiger partial charge in [0.05, 0.1) is 12.2 Å². The van der Waals surface area contributed by atoms with Gasteiger partial charge in [0.2, 0.25) is 5.82 Å². The summed E-state index contributed by atoms with van der Waals surface area (Å²) >= 11 is 0. The topological polar surface area (TPSA) is 107 Å². The lowest BCUT2D eigenvalue weighted by atomic mass is 10.1. The fourth-order valence-electron chi connectivity index (χ4n) is 2.91. The Morgan fingerprint density at radius 1 is 1.11 bits per heavy atom. The van der Waals surface area contributed by atoms with Gasteiger partial charge in [-0.2, -0.15) is 4.98 Å². The molecule has 1 aromatic carbocycles. The van der Waals surface area contributed by atoms with E-state index in [4.69, 9.17) is 14.0 Å². The van der Waals surface area contributed by atoms with E-state index in [1.165, 1.54) is 0 Å². The molecule has 3 aromatic rings. The Hall–Kier alpha value is -3.42. The fourth-order valence-corrected chi connectivity index (χ4v) is 2.91. The fraction of sp³-hybridized carbons (Fsp3) is 0.300. The van der Waals surface area contributed by atoms with Crippen LogP contribution < -0.4 is 0 Å². The third-order valence-corrected chi connectivity index (χ3v) is 4.30. The van der Waals surface area contributed by atoms with E-state index in [0.29, 0.717) is 22.6 Å². The molecule has 146 valence electrons. The summed E-state index contributed by atoms with van der Waals surface area (Å²) in [5.41, 5.74) is 3.41. The maximum absolute atomic E-state index is 12.4. The van der Waals surface area contributed by atoms with Crippen molar-refractivity contribution in [3.05, 3.63) is 58.2 Å². The summed E-state index contributed by atoms with van der Waals surface area (Å²) in [5, 5.41) is 3.93. The molecule has 3 rings (SSSR count). The molecule has 0 unspecified atom stereocenters. The number of nitrogens with one attached hydrogen (secondary N) is 1. The maximum atomic E-state index is 12.4. The quantitative estimate of drug-likeness (QED) is 0.649. The number of aryl methyl sites for hydroxylation is 2. The number of esters is 2. The summed E-state index contributed by atoms with van der Waals surface area (Å²) in [6.45, 7) is 7.10. The van der Waals surface area contributed by atoms with Crippen molar-refractivity contribution in [2.24, 2.45) is 0 Å². The Morgan fingerprint density at radius 3 is 2.57 bits per heavy atom. The van der Waals surface area contributed by atoms with Crippen LogP contribution in [-0.2, 0) is 16.1 Å². The third kappa shape index (κ3) is 3.80. The van der Waals surface area contributed by atoms with Gasteiger partial charge in [0, 0.05) is 11.3 Å². The third-order valence-electron chi connectivity index (χ3n) is 4.30. The first-order valence-corrected chi connectivity index (χ1v) is 8.84. The number of hydrogen-bond donors (Lipinski definition) is 1. The van der Waals surface area contributed by atoms with E-state index in [1.807, 2.05) is 31.2 Å². The molecule has 0 aliphatic heterocycles. The predicted molar refractivity (Wildman–Crippen MR) is 99.8 cm³/mol. The Labute approximate surface area is 161 Å². The number of rotatable bonds is 6. The average Bonchev–Trinajstić information content (AvgIpc) is 3.24. The van der Waals surface area contributed by atoms with Crippen LogP contribution in [-0.4, -0.2) is 33.7 Å². The van der Waals surface area contributed by atoms with Gasteiger partial charge >= 0.3 is 11.9 Å². The van der Waals surface area contributed by atoms with Crippen LogP contribution in [0.5, 0.6) is 0 Å². The van der Waals surface area contributed by atoms with Gasteiger partial charge in [-0.25, -0.2) is 9.59 Å². The summed E-state index contributed by atoms with van der Waals surface area (Å²) in [5.74, 6) is -0.488. The van der Waals surface area contributed by atoms with Crippen molar-refractivity contribution in [3.8, 4) is 11.4 Å². The van der Waals surface area contributed by atoms with E-state index in [1.54, 1.807) is 20.8 Å². The normalized spacial score (nSPS) is 10.7. The number of nitrogens with zero attached hydrogens (tertiary/aromatic N) is 2. The van der Waals surface area contributed by atoms with Crippen LogP contribution in [0.1, 0.15) is 50.5 Å². The Morgan fingerprint density at radius 2 is 1.86 bits per heavy atom. The average molecular weight is 383 g/mol. The predicted octanol–water partition coefficient (Wildman–Crippen LogP) is 3.52. The molecule has 0 radical (unpaired) electrons. The molecule has 2 aromatic heterocycles. The van der Waals surface area contributed by atoms with Gasteiger partial charge in [-0.1, -0.05) is 29.4 Å². The Kier molecular flexibility index (Phi) is 5.58. The van der Waals surface area contributed by atoms with Crippen molar-refractivity contribution in [2.45, 2.75) is 34.3 Å². The van der Waals surface area contributed by atoms with E-state index >= 15 is 0 Å². The number of H-pyrrole nitrogens is 1. The van der Waals surface area contributed by atoms with Crippen LogP contribution in [0.2, 0.25) is 0 Å². The summed E-state index contributed by atoms with van der Waals surface area (Å²) in [6, 6.07) is 7.64. The molecule has 8 heteroatoms. The van der Waals surface area contributed by atoms with Gasteiger partial charge in [-0.05, 0) is 38.8 Å². The van der Waals surface area contributed by atoms with Crippen molar-refractivity contribution >= 4 is 11.9 Å². The largest absolute Gasteiger partial charge is 0.462 e. The zero-order valence-electron chi connectivity index (χ0n) is 16.2. The standard InChI is InChI=1S/C20H21N3O5/c1-5-26-19(24)16-12(3)17(21-13(16)4)20(25)27-10-15-22-18(23-28-15)14-9-7-6-8-11(14)2/h6-9,21H,5,10H2,1-4H3. The van der Waals surface area contributed by atoms with Crippen LogP contribution in [0.3, 0.4) is 0 Å². The molecule has 0 bridgehead atoms. The number of aromatic nitrogens is 3. The Bertz CT molecular complexity index is 1020. The van der Waals surface area contributed by atoms with Crippen LogP contribution >= 0.6 is 0 Å². The molecule has 0 spiro atoms. The molecule has 0 amide bonds. The smallest absolute Gasteiger partial charge is 0.355 e. The zero-order valence-corrected chi connectivity index (χ0v) is 16.2. The first kappa shape index (κ1) is 19.3. The highest BCUT2D eigenvalue weighted by Crippen LogP contribution is 2.22. The zero-order chi connectivity index (χ0) is 20.3. The highest BCUT2D eigenvalue weighted by molar-refractivity contribution is 5.98. The van der Waals surface area contributed by atoms with E-state index in [0.717, 1.165) is 11.1 Å². The molecule has 0 fully saturated rings. The summed E-state index contributed by atoms with van der Waals surface area (Å²) in [7, 11) is 0. The minimum atomic E-state index is -0.619. The minimum Gasteiger partial charge on any atom is -0.462 e. The molecule has 0 atom stereocenters. The Balaban J connectivity index is 1.71. The second-order valence-corrected chi connectivity index (χ2v) is 6.25. The van der Waals surface area contributed by atoms with Crippen LogP contribution in [0, 0.1) is 20.8 Å². The number of aromatic amines is 1. The molecule has 0 saturated heterocycles. The molecular weight excluding hydrogens is 362 g/mol. The molecular formula is C20H21N3O5. The van der Waals surface area contributed by atoms with Crippen LogP contribution in [0.15, 0.2) is 28.8 Å². The molecule has 28 heavy (non-hydrogen) atoms.